The second kappa shape index (κ2) is 7.92. The highest BCUT2D eigenvalue weighted by Gasteiger charge is 2.18. The van der Waals surface area contributed by atoms with Crippen LogP contribution in [0.5, 0.6) is 0 Å². The van der Waals surface area contributed by atoms with E-state index in [-0.39, 0.29) is 6.04 Å². The molecule has 0 radical (unpaired) electrons. The molecule has 4 heteroatoms. The first-order chi connectivity index (χ1) is 9.70. The first-order valence-corrected chi connectivity index (χ1v) is 7.94. The van der Waals surface area contributed by atoms with Gasteiger partial charge < -0.3 is 10.1 Å². The smallest absolute Gasteiger partial charge is 0.0876 e. The van der Waals surface area contributed by atoms with Crippen molar-refractivity contribution in [3.63, 3.8) is 0 Å². The maximum Gasteiger partial charge on any atom is 0.0876 e. The molecule has 0 saturated carbocycles. The van der Waals surface area contributed by atoms with Gasteiger partial charge >= 0.3 is 0 Å². The second-order valence-corrected chi connectivity index (χ2v) is 5.96. The highest BCUT2D eigenvalue weighted by atomic mass is 35.5. The van der Waals surface area contributed by atoms with Crippen molar-refractivity contribution < 1.29 is 4.74 Å². The number of benzene rings is 1. The summed E-state index contributed by atoms with van der Waals surface area (Å²) in [4.78, 5) is 0. The predicted molar refractivity (Wildman–Crippen MR) is 85.5 cm³/mol. The Bertz CT molecular complexity index is 474. The van der Waals surface area contributed by atoms with Crippen LogP contribution in [0.3, 0.4) is 0 Å². The molecule has 0 saturated heterocycles. The van der Waals surface area contributed by atoms with E-state index in [4.69, 9.17) is 27.9 Å². The van der Waals surface area contributed by atoms with E-state index in [0.717, 1.165) is 49.4 Å². The Labute approximate surface area is 131 Å². The van der Waals surface area contributed by atoms with E-state index in [0.29, 0.717) is 5.02 Å². The molecular weight excluding hydrogens is 293 g/mol. The number of rotatable bonds is 6. The first-order valence-electron chi connectivity index (χ1n) is 7.18. The minimum atomic E-state index is 0.286. The summed E-state index contributed by atoms with van der Waals surface area (Å²) >= 11 is 12.2. The average molecular weight is 314 g/mol. The van der Waals surface area contributed by atoms with E-state index in [1.165, 1.54) is 5.57 Å². The van der Waals surface area contributed by atoms with E-state index in [1.807, 2.05) is 18.4 Å². The van der Waals surface area contributed by atoms with Gasteiger partial charge in [-0.3, -0.25) is 0 Å². The van der Waals surface area contributed by atoms with Gasteiger partial charge in [0.2, 0.25) is 0 Å². The van der Waals surface area contributed by atoms with Crippen molar-refractivity contribution in [2.45, 2.75) is 38.6 Å². The molecule has 1 heterocycles. The van der Waals surface area contributed by atoms with Gasteiger partial charge in [0.05, 0.1) is 12.9 Å². The summed E-state index contributed by atoms with van der Waals surface area (Å²) in [6, 6.07) is 6.00. The molecular formula is C16H21Cl2NO. The van der Waals surface area contributed by atoms with E-state index in [1.54, 1.807) is 6.07 Å². The van der Waals surface area contributed by atoms with Crippen LogP contribution >= 0.6 is 23.2 Å². The van der Waals surface area contributed by atoms with Crippen molar-refractivity contribution in [3.8, 4) is 0 Å². The Morgan fingerprint density at radius 3 is 2.85 bits per heavy atom. The monoisotopic (exact) mass is 313 g/mol. The summed E-state index contributed by atoms with van der Waals surface area (Å²) < 4.78 is 5.47. The molecule has 1 atom stereocenters. The minimum absolute atomic E-state index is 0.286. The summed E-state index contributed by atoms with van der Waals surface area (Å²) in [5.41, 5.74) is 2.45. The zero-order valence-corrected chi connectivity index (χ0v) is 13.3. The van der Waals surface area contributed by atoms with Gasteiger partial charge in [-0.1, -0.05) is 36.2 Å². The fourth-order valence-electron chi connectivity index (χ4n) is 2.40. The van der Waals surface area contributed by atoms with Gasteiger partial charge in [-0.25, -0.2) is 0 Å². The van der Waals surface area contributed by atoms with Crippen LogP contribution in [0.1, 0.15) is 31.7 Å². The quantitative estimate of drug-likeness (QED) is 0.828. The van der Waals surface area contributed by atoms with Gasteiger partial charge in [-0.05, 0) is 55.5 Å². The van der Waals surface area contributed by atoms with Gasteiger partial charge in [0.15, 0.2) is 0 Å². The van der Waals surface area contributed by atoms with Crippen LogP contribution in [0.2, 0.25) is 10.0 Å². The molecule has 1 aliphatic heterocycles. The van der Waals surface area contributed by atoms with Crippen molar-refractivity contribution in [1.82, 2.24) is 5.32 Å². The summed E-state index contributed by atoms with van der Waals surface area (Å²) in [6.07, 6.45) is 6.07. The van der Waals surface area contributed by atoms with Gasteiger partial charge in [-0.2, -0.15) is 0 Å². The van der Waals surface area contributed by atoms with E-state index < -0.39 is 0 Å². The van der Waals surface area contributed by atoms with Crippen molar-refractivity contribution in [2.24, 2.45) is 0 Å². The summed E-state index contributed by atoms with van der Waals surface area (Å²) in [5, 5.41) is 5.00. The third kappa shape index (κ3) is 4.41. The molecule has 0 fully saturated rings. The molecule has 1 unspecified atom stereocenters. The van der Waals surface area contributed by atoms with Gasteiger partial charge in [0.25, 0.3) is 0 Å². The van der Waals surface area contributed by atoms with Crippen molar-refractivity contribution in [2.75, 3.05) is 13.2 Å². The van der Waals surface area contributed by atoms with Crippen LogP contribution in [0, 0.1) is 0 Å². The largest absolute Gasteiger partial charge is 0.501 e. The molecule has 0 spiro atoms. The average Bonchev–Trinajstić information content (AvgIpc) is 2.46. The molecule has 2 rings (SSSR count). The maximum atomic E-state index is 6.28. The molecule has 110 valence electrons. The van der Waals surface area contributed by atoms with Gasteiger partial charge in [0.1, 0.15) is 0 Å². The molecule has 0 aliphatic carbocycles. The Morgan fingerprint density at radius 2 is 2.20 bits per heavy atom. The Kier molecular flexibility index (Phi) is 6.21. The van der Waals surface area contributed by atoms with Crippen LogP contribution < -0.4 is 5.32 Å². The van der Waals surface area contributed by atoms with Crippen LogP contribution in [0.15, 0.2) is 30.0 Å². The number of nitrogens with one attached hydrogen (secondary N) is 1. The molecule has 2 nitrogen and oxygen atoms in total. The lowest BCUT2D eigenvalue weighted by Crippen LogP contribution is -2.34. The molecule has 1 aromatic rings. The Hall–Kier alpha value is -0.700. The third-order valence-electron chi connectivity index (χ3n) is 3.49. The molecule has 0 bridgehead atoms. The maximum absolute atomic E-state index is 6.28. The SMILES string of the molecule is CCCNC(Cc1ccc(Cl)cc1Cl)C1=COCCC1. The molecule has 1 aromatic carbocycles. The zero-order valence-electron chi connectivity index (χ0n) is 11.8. The van der Waals surface area contributed by atoms with E-state index in [9.17, 15) is 0 Å². The van der Waals surface area contributed by atoms with Crippen LogP contribution in [0.4, 0.5) is 0 Å². The lowest BCUT2D eigenvalue weighted by Gasteiger charge is -2.25. The topological polar surface area (TPSA) is 21.3 Å². The number of hydrogen-bond donors (Lipinski definition) is 1. The standard InChI is InChI=1S/C16H21Cl2NO/c1-2-7-19-16(13-4-3-8-20-11-13)9-12-5-6-14(17)10-15(12)18/h5-6,10-11,16,19H,2-4,7-9H2,1H3. The van der Waals surface area contributed by atoms with Crippen molar-refractivity contribution >= 4 is 23.2 Å². The number of ether oxygens (including phenoxy) is 1. The van der Waals surface area contributed by atoms with Crippen LogP contribution in [-0.4, -0.2) is 19.2 Å². The van der Waals surface area contributed by atoms with E-state index in [2.05, 4.69) is 12.2 Å². The zero-order chi connectivity index (χ0) is 14.4. The molecule has 0 aromatic heterocycles. The van der Waals surface area contributed by atoms with Crippen LogP contribution in [0.25, 0.3) is 0 Å². The van der Waals surface area contributed by atoms with Gasteiger partial charge in [-0.15, -0.1) is 0 Å². The number of hydrogen-bond acceptors (Lipinski definition) is 2. The molecule has 1 N–H and O–H groups in total. The number of halogens is 2. The normalized spacial score (nSPS) is 16.4. The predicted octanol–water partition coefficient (Wildman–Crippen LogP) is 4.60. The minimum Gasteiger partial charge on any atom is -0.501 e. The van der Waals surface area contributed by atoms with Crippen molar-refractivity contribution in [1.29, 1.82) is 0 Å². The van der Waals surface area contributed by atoms with Crippen molar-refractivity contribution in [3.05, 3.63) is 45.6 Å². The molecule has 1 aliphatic rings. The summed E-state index contributed by atoms with van der Waals surface area (Å²) in [7, 11) is 0. The van der Waals surface area contributed by atoms with Crippen LogP contribution in [-0.2, 0) is 11.2 Å². The lowest BCUT2D eigenvalue weighted by molar-refractivity contribution is 0.219. The van der Waals surface area contributed by atoms with Gasteiger partial charge in [0, 0.05) is 16.1 Å². The Morgan fingerprint density at radius 1 is 1.35 bits per heavy atom. The summed E-state index contributed by atoms with van der Waals surface area (Å²) in [6.45, 7) is 3.99. The highest BCUT2D eigenvalue weighted by molar-refractivity contribution is 6.35. The van der Waals surface area contributed by atoms with E-state index >= 15 is 0 Å². The highest BCUT2D eigenvalue weighted by Crippen LogP contribution is 2.25. The fraction of sp³-hybridized carbons (Fsp3) is 0.500. The summed E-state index contributed by atoms with van der Waals surface area (Å²) in [5.74, 6) is 0. The fourth-order valence-corrected chi connectivity index (χ4v) is 2.89. The third-order valence-corrected chi connectivity index (χ3v) is 4.08. The first kappa shape index (κ1) is 15.7. The molecule has 0 amide bonds. The second-order valence-electron chi connectivity index (χ2n) is 5.11. The lowest BCUT2D eigenvalue weighted by atomic mass is 9.95. The molecule has 20 heavy (non-hydrogen) atoms. The Balaban J connectivity index is 2.12.